The van der Waals surface area contributed by atoms with E-state index in [2.05, 4.69) is 10.4 Å². The van der Waals surface area contributed by atoms with Crippen LogP contribution in [0.5, 0.6) is 0 Å². The molecule has 8 nitrogen and oxygen atoms in total. The molecule has 3 atom stereocenters. The molecular weight excluding hydrogens is 336 g/mol. The van der Waals surface area contributed by atoms with E-state index in [1.54, 1.807) is 10.9 Å². The van der Waals surface area contributed by atoms with Crippen LogP contribution < -0.4 is 5.32 Å². The fraction of sp³-hybridized carbons (Fsp3) is 0.389. The Labute approximate surface area is 151 Å². The van der Waals surface area contributed by atoms with Gasteiger partial charge in [-0.25, -0.2) is 4.79 Å². The number of likely N-dealkylation sites (tertiary alicyclic amines) is 1. The summed E-state index contributed by atoms with van der Waals surface area (Å²) < 4.78 is 1.78. The lowest BCUT2D eigenvalue weighted by Crippen LogP contribution is -2.46. The molecule has 0 bridgehead atoms. The van der Waals surface area contributed by atoms with Crippen LogP contribution in [-0.2, 0) is 11.8 Å². The van der Waals surface area contributed by atoms with Crippen LogP contribution in [0.25, 0.3) is 11.3 Å². The number of nitrogens with one attached hydrogen (secondary N) is 1. The van der Waals surface area contributed by atoms with Crippen LogP contribution in [0, 0.1) is 0 Å². The number of β-amino-alcohol motifs (C(OH)–C–C–N with tert-alkyl or cyclic N) is 1. The van der Waals surface area contributed by atoms with Gasteiger partial charge in [-0.05, 0) is 24.1 Å². The van der Waals surface area contributed by atoms with Gasteiger partial charge in [0.1, 0.15) is 6.04 Å². The van der Waals surface area contributed by atoms with Crippen molar-refractivity contribution in [2.45, 2.75) is 31.5 Å². The molecule has 2 amide bonds. The van der Waals surface area contributed by atoms with Gasteiger partial charge < -0.3 is 15.5 Å². The zero-order chi connectivity index (χ0) is 18.8. The minimum atomic E-state index is -1.20. The zero-order valence-corrected chi connectivity index (χ0v) is 14.7. The Morgan fingerprint density at radius 2 is 1.96 bits per heavy atom. The van der Waals surface area contributed by atoms with Gasteiger partial charge in [0, 0.05) is 19.7 Å². The Morgan fingerprint density at radius 1 is 1.27 bits per heavy atom. The van der Waals surface area contributed by atoms with Crippen LogP contribution >= 0.6 is 0 Å². The number of hydrogen-bond acceptors (Lipinski definition) is 4. The van der Waals surface area contributed by atoms with Gasteiger partial charge in [0.15, 0.2) is 0 Å². The first-order valence-corrected chi connectivity index (χ1v) is 8.43. The molecular formula is C18H22N4O4. The van der Waals surface area contributed by atoms with Crippen LogP contribution in [-0.4, -0.2) is 55.6 Å². The van der Waals surface area contributed by atoms with Gasteiger partial charge in [0.05, 0.1) is 24.4 Å². The van der Waals surface area contributed by atoms with E-state index in [1.807, 2.05) is 44.3 Å². The number of carbonyl (C=O) groups is 2. The quantitative estimate of drug-likeness (QED) is 0.765. The number of amides is 2. The van der Waals surface area contributed by atoms with Crippen LogP contribution in [0.2, 0.25) is 0 Å². The maximum atomic E-state index is 12.4. The summed E-state index contributed by atoms with van der Waals surface area (Å²) >= 11 is 0. The molecule has 0 aliphatic carbocycles. The van der Waals surface area contributed by atoms with Crippen molar-refractivity contribution in [2.24, 2.45) is 7.05 Å². The van der Waals surface area contributed by atoms with Crippen molar-refractivity contribution in [3.63, 3.8) is 0 Å². The first-order chi connectivity index (χ1) is 12.4. The molecule has 1 aromatic heterocycles. The van der Waals surface area contributed by atoms with Crippen molar-refractivity contribution in [3.8, 4) is 11.3 Å². The average molecular weight is 358 g/mol. The molecule has 1 aliphatic heterocycles. The highest BCUT2D eigenvalue weighted by atomic mass is 16.4. The molecule has 0 radical (unpaired) electrons. The molecule has 0 saturated carbocycles. The molecule has 2 heterocycles. The van der Waals surface area contributed by atoms with Gasteiger partial charge in [-0.3, -0.25) is 14.4 Å². The van der Waals surface area contributed by atoms with E-state index < -0.39 is 24.1 Å². The predicted octanol–water partition coefficient (Wildman–Crippen LogP) is 1.38. The van der Waals surface area contributed by atoms with Crippen molar-refractivity contribution in [1.29, 1.82) is 0 Å². The summed E-state index contributed by atoms with van der Waals surface area (Å²) in [5.74, 6) is -0.396. The van der Waals surface area contributed by atoms with Gasteiger partial charge in [-0.2, -0.15) is 5.10 Å². The maximum absolute atomic E-state index is 12.4. The molecule has 1 aromatic carbocycles. The molecule has 2 aromatic rings. The normalized spacial score (nSPS) is 20.8. The topological polar surface area (TPSA) is 108 Å². The van der Waals surface area contributed by atoms with E-state index in [9.17, 15) is 19.8 Å². The van der Waals surface area contributed by atoms with E-state index in [4.69, 9.17) is 0 Å². The largest absolute Gasteiger partial charge is 0.465 e. The number of hydrogen-bond donors (Lipinski definition) is 3. The molecule has 26 heavy (non-hydrogen) atoms. The third-order valence-corrected chi connectivity index (χ3v) is 4.71. The number of aryl methyl sites for hydroxylation is 1. The van der Waals surface area contributed by atoms with Gasteiger partial charge >= 0.3 is 6.09 Å². The third kappa shape index (κ3) is 3.55. The van der Waals surface area contributed by atoms with Gasteiger partial charge in [-0.1, -0.05) is 24.3 Å². The second-order valence-corrected chi connectivity index (χ2v) is 6.53. The van der Waals surface area contributed by atoms with Crippen molar-refractivity contribution in [2.75, 3.05) is 6.54 Å². The van der Waals surface area contributed by atoms with E-state index in [0.29, 0.717) is 0 Å². The second kappa shape index (κ2) is 7.17. The number of aliphatic hydroxyl groups is 1. The van der Waals surface area contributed by atoms with Crippen molar-refractivity contribution in [1.82, 2.24) is 20.0 Å². The van der Waals surface area contributed by atoms with E-state index >= 15 is 0 Å². The molecule has 1 aliphatic rings. The summed E-state index contributed by atoms with van der Waals surface area (Å²) in [5.41, 5.74) is 2.92. The third-order valence-electron chi connectivity index (χ3n) is 4.71. The van der Waals surface area contributed by atoms with E-state index in [0.717, 1.165) is 21.7 Å². The number of aliphatic hydroxyl groups excluding tert-OH is 1. The minimum Gasteiger partial charge on any atom is -0.465 e. The first kappa shape index (κ1) is 17.9. The maximum Gasteiger partial charge on any atom is 0.408 e. The standard InChI is InChI=1S/C18H22N4O4/c1-11(20-17(24)16-9-14(23)10-22(16)18(25)26)12-3-5-13(6-4-12)15-7-8-19-21(15)2/h3-8,11,14,16,23H,9-10H2,1-2H3,(H,20,24)(H,25,26)/t11-,14+,16-/m0/s1. The number of aromatic nitrogens is 2. The highest BCUT2D eigenvalue weighted by Gasteiger charge is 2.39. The van der Waals surface area contributed by atoms with Crippen LogP contribution in [0.4, 0.5) is 4.79 Å². The minimum absolute atomic E-state index is 0.0405. The highest BCUT2D eigenvalue weighted by molar-refractivity contribution is 5.86. The Morgan fingerprint density at radius 3 is 2.54 bits per heavy atom. The smallest absolute Gasteiger partial charge is 0.408 e. The predicted molar refractivity (Wildman–Crippen MR) is 94.3 cm³/mol. The molecule has 3 N–H and O–H groups in total. The SMILES string of the molecule is C[C@H](NC(=O)[C@@H]1C[C@@H](O)CN1C(=O)O)c1ccc(-c2ccnn2C)cc1. The van der Waals surface area contributed by atoms with Crippen LogP contribution in [0.3, 0.4) is 0 Å². The molecule has 3 rings (SSSR count). The fourth-order valence-corrected chi connectivity index (χ4v) is 3.27. The van der Waals surface area contributed by atoms with E-state index in [-0.39, 0.29) is 19.0 Å². The molecule has 1 fully saturated rings. The van der Waals surface area contributed by atoms with Gasteiger partial charge in [0.2, 0.25) is 5.91 Å². The lowest BCUT2D eigenvalue weighted by molar-refractivity contribution is -0.125. The average Bonchev–Trinajstić information content (AvgIpc) is 3.20. The van der Waals surface area contributed by atoms with Crippen molar-refractivity contribution in [3.05, 3.63) is 42.1 Å². The molecule has 0 unspecified atom stereocenters. The lowest BCUT2D eigenvalue weighted by Gasteiger charge is -2.23. The summed E-state index contributed by atoms with van der Waals surface area (Å²) in [6.07, 6.45) is -0.161. The molecule has 138 valence electrons. The summed E-state index contributed by atoms with van der Waals surface area (Å²) in [5, 5.41) is 25.8. The first-order valence-electron chi connectivity index (χ1n) is 8.43. The highest BCUT2D eigenvalue weighted by Crippen LogP contribution is 2.23. The van der Waals surface area contributed by atoms with Crippen LogP contribution in [0.1, 0.15) is 24.9 Å². The lowest BCUT2D eigenvalue weighted by atomic mass is 10.0. The van der Waals surface area contributed by atoms with Crippen molar-refractivity contribution >= 4 is 12.0 Å². The molecule has 0 spiro atoms. The van der Waals surface area contributed by atoms with E-state index in [1.165, 1.54) is 0 Å². The molecule has 8 heteroatoms. The Balaban J connectivity index is 1.68. The summed E-state index contributed by atoms with van der Waals surface area (Å²) in [7, 11) is 1.87. The number of benzene rings is 1. The van der Waals surface area contributed by atoms with Gasteiger partial charge in [-0.15, -0.1) is 0 Å². The van der Waals surface area contributed by atoms with Crippen LogP contribution in [0.15, 0.2) is 36.5 Å². The Kier molecular flexibility index (Phi) is 4.94. The van der Waals surface area contributed by atoms with Crippen molar-refractivity contribution < 1.29 is 19.8 Å². The fourth-order valence-electron chi connectivity index (χ4n) is 3.27. The molecule has 1 saturated heterocycles. The Bertz CT molecular complexity index is 802. The zero-order valence-electron chi connectivity index (χ0n) is 14.7. The number of carboxylic acid groups (broad SMARTS) is 1. The summed E-state index contributed by atoms with van der Waals surface area (Å²) in [4.78, 5) is 24.7. The number of nitrogens with zero attached hydrogens (tertiary/aromatic N) is 3. The summed E-state index contributed by atoms with van der Waals surface area (Å²) in [6, 6.07) is 8.54. The monoisotopic (exact) mass is 358 g/mol. The summed E-state index contributed by atoms with van der Waals surface area (Å²) in [6.45, 7) is 1.80. The second-order valence-electron chi connectivity index (χ2n) is 6.53. The Hall–Kier alpha value is -2.87. The number of carbonyl (C=O) groups excluding carboxylic acids is 1. The number of rotatable bonds is 4. The van der Waals surface area contributed by atoms with Gasteiger partial charge in [0.25, 0.3) is 0 Å².